The summed E-state index contributed by atoms with van der Waals surface area (Å²) in [6, 6.07) is 24.6. The van der Waals surface area contributed by atoms with Crippen molar-refractivity contribution < 1.29 is 14.2 Å². The van der Waals surface area contributed by atoms with E-state index >= 15 is 0 Å². The number of nitrogens with zero attached hydrogens (tertiary/aromatic N) is 1. The second kappa shape index (κ2) is 8.87. The first kappa shape index (κ1) is 19.8. The van der Waals surface area contributed by atoms with E-state index in [0.717, 1.165) is 39.9 Å². The largest absolute Gasteiger partial charge is 0.494 e. The van der Waals surface area contributed by atoms with Crippen molar-refractivity contribution in [2.24, 2.45) is 0 Å². The fraction of sp³-hybridized carbons (Fsp3) is 0.192. The van der Waals surface area contributed by atoms with E-state index < -0.39 is 0 Å². The molecule has 4 aromatic rings. The highest BCUT2D eigenvalue weighted by Gasteiger charge is 2.13. The van der Waals surface area contributed by atoms with Gasteiger partial charge in [-0.05, 0) is 60.3 Å². The van der Waals surface area contributed by atoms with Gasteiger partial charge in [-0.15, -0.1) is 0 Å². The number of benzene rings is 3. The first-order valence-corrected chi connectivity index (χ1v) is 10.0. The average Bonchev–Trinajstić information content (AvgIpc) is 2.79. The molecule has 4 heteroatoms. The second-order valence-electron chi connectivity index (χ2n) is 7.00. The van der Waals surface area contributed by atoms with Gasteiger partial charge in [-0.3, -0.25) is 4.98 Å². The lowest BCUT2D eigenvalue weighted by molar-refractivity contribution is 0.340. The molecule has 0 spiro atoms. The van der Waals surface area contributed by atoms with Gasteiger partial charge in [0, 0.05) is 17.4 Å². The summed E-state index contributed by atoms with van der Waals surface area (Å²) in [6.45, 7) is 2.63. The lowest BCUT2D eigenvalue weighted by atomic mass is 10.00. The van der Waals surface area contributed by atoms with E-state index in [1.165, 1.54) is 5.56 Å². The van der Waals surface area contributed by atoms with E-state index in [1.54, 1.807) is 14.2 Å². The van der Waals surface area contributed by atoms with Crippen LogP contribution in [0.5, 0.6) is 17.2 Å². The van der Waals surface area contributed by atoms with Gasteiger partial charge in [0.1, 0.15) is 5.75 Å². The minimum absolute atomic E-state index is 0.649. The predicted molar refractivity (Wildman–Crippen MR) is 121 cm³/mol. The van der Waals surface area contributed by atoms with Crippen LogP contribution in [0.2, 0.25) is 0 Å². The summed E-state index contributed by atoms with van der Waals surface area (Å²) >= 11 is 0. The summed E-state index contributed by atoms with van der Waals surface area (Å²) in [4.78, 5) is 5.04. The zero-order valence-electron chi connectivity index (χ0n) is 17.5. The normalized spacial score (nSPS) is 10.8. The number of rotatable bonds is 7. The van der Waals surface area contributed by atoms with E-state index in [-0.39, 0.29) is 0 Å². The molecular formula is C26H25NO3. The molecule has 30 heavy (non-hydrogen) atoms. The SMILES string of the molecule is CCOc1ccc(-c2cc3cc(OC)c(OC)cc3c(Cc3ccccc3)n2)cc1. The van der Waals surface area contributed by atoms with Gasteiger partial charge >= 0.3 is 0 Å². The minimum atomic E-state index is 0.649. The third kappa shape index (κ3) is 4.08. The van der Waals surface area contributed by atoms with Crippen LogP contribution < -0.4 is 14.2 Å². The summed E-state index contributed by atoms with van der Waals surface area (Å²) in [5, 5.41) is 2.13. The van der Waals surface area contributed by atoms with Crippen LogP contribution in [0.3, 0.4) is 0 Å². The fourth-order valence-corrected chi connectivity index (χ4v) is 3.61. The van der Waals surface area contributed by atoms with Gasteiger partial charge in [-0.2, -0.15) is 0 Å². The molecule has 0 atom stereocenters. The molecule has 0 amide bonds. The van der Waals surface area contributed by atoms with Crippen LogP contribution in [-0.2, 0) is 6.42 Å². The van der Waals surface area contributed by atoms with Crippen molar-refractivity contribution in [2.75, 3.05) is 20.8 Å². The van der Waals surface area contributed by atoms with Crippen molar-refractivity contribution >= 4 is 10.8 Å². The van der Waals surface area contributed by atoms with Crippen LogP contribution in [0.4, 0.5) is 0 Å². The quantitative estimate of drug-likeness (QED) is 0.387. The number of hydrogen-bond acceptors (Lipinski definition) is 4. The third-order valence-electron chi connectivity index (χ3n) is 5.09. The monoisotopic (exact) mass is 399 g/mol. The Morgan fingerprint density at radius 3 is 2.17 bits per heavy atom. The van der Waals surface area contributed by atoms with Gasteiger partial charge < -0.3 is 14.2 Å². The van der Waals surface area contributed by atoms with E-state index in [0.29, 0.717) is 18.1 Å². The van der Waals surface area contributed by atoms with E-state index in [1.807, 2.05) is 49.4 Å². The van der Waals surface area contributed by atoms with Crippen molar-refractivity contribution in [2.45, 2.75) is 13.3 Å². The molecule has 0 unspecified atom stereocenters. The molecule has 0 radical (unpaired) electrons. The Morgan fingerprint density at radius 2 is 1.50 bits per heavy atom. The van der Waals surface area contributed by atoms with Gasteiger partial charge in [-0.1, -0.05) is 30.3 Å². The smallest absolute Gasteiger partial charge is 0.161 e. The molecule has 4 rings (SSSR count). The summed E-state index contributed by atoms with van der Waals surface area (Å²) < 4.78 is 16.6. The number of pyridine rings is 1. The van der Waals surface area contributed by atoms with Crippen LogP contribution in [0.15, 0.2) is 72.8 Å². The molecule has 0 bridgehead atoms. The van der Waals surface area contributed by atoms with Crippen molar-refractivity contribution in [1.29, 1.82) is 0 Å². The lowest BCUT2D eigenvalue weighted by Gasteiger charge is -2.14. The van der Waals surface area contributed by atoms with Gasteiger partial charge in [0.2, 0.25) is 0 Å². The minimum Gasteiger partial charge on any atom is -0.494 e. The Hall–Kier alpha value is -3.53. The predicted octanol–water partition coefficient (Wildman–Crippen LogP) is 5.91. The number of ether oxygens (including phenoxy) is 3. The molecular weight excluding hydrogens is 374 g/mol. The Labute approximate surface area is 177 Å². The lowest BCUT2D eigenvalue weighted by Crippen LogP contribution is -1.99. The summed E-state index contributed by atoms with van der Waals surface area (Å²) in [5.41, 5.74) is 4.18. The maximum atomic E-state index is 5.57. The van der Waals surface area contributed by atoms with Crippen LogP contribution in [0.1, 0.15) is 18.2 Å². The van der Waals surface area contributed by atoms with Crippen LogP contribution in [0, 0.1) is 0 Å². The molecule has 3 aromatic carbocycles. The number of fused-ring (bicyclic) bond motifs is 1. The first-order valence-electron chi connectivity index (χ1n) is 10.0. The highest BCUT2D eigenvalue weighted by molar-refractivity contribution is 5.91. The molecule has 152 valence electrons. The standard InChI is InChI=1S/C26H25NO3/c1-4-30-21-12-10-19(11-13-21)23-15-20-16-25(28-2)26(29-3)17-22(20)24(27-23)14-18-8-6-5-7-9-18/h5-13,15-17H,4,14H2,1-3H3. The molecule has 1 aromatic heterocycles. The summed E-state index contributed by atoms with van der Waals surface area (Å²) in [5.74, 6) is 2.27. The van der Waals surface area contributed by atoms with Crippen molar-refractivity contribution in [1.82, 2.24) is 4.98 Å². The molecule has 0 N–H and O–H groups in total. The Morgan fingerprint density at radius 1 is 0.800 bits per heavy atom. The highest BCUT2D eigenvalue weighted by Crippen LogP contribution is 2.36. The maximum absolute atomic E-state index is 5.57. The van der Waals surface area contributed by atoms with Crippen LogP contribution in [0.25, 0.3) is 22.0 Å². The number of hydrogen-bond donors (Lipinski definition) is 0. The zero-order chi connectivity index (χ0) is 20.9. The second-order valence-corrected chi connectivity index (χ2v) is 7.00. The van der Waals surface area contributed by atoms with E-state index in [9.17, 15) is 0 Å². The molecule has 0 aliphatic rings. The van der Waals surface area contributed by atoms with Crippen molar-refractivity contribution in [3.05, 3.63) is 84.1 Å². The van der Waals surface area contributed by atoms with Gasteiger partial charge in [-0.25, -0.2) is 0 Å². The molecule has 4 nitrogen and oxygen atoms in total. The van der Waals surface area contributed by atoms with Gasteiger partial charge in [0.05, 0.1) is 32.2 Å². The topological polar surface area (TPSA) is 40.6 Å². The third-order valence-corrected chi connectivity index (χ3v) is 5.09. The molecule has 0 aliphatic carbocycles. The van der Waals surface area contributed by atoms with E-state index in [4.69, 9.17) is 19.2 Å². The number of aromatic nitrogens is 1. The van der Waals surface area contributed by atoms with Crippen molar-refractivity contribution in [3.63, 3.8) is 0 Å². The summed E-state index contributed by atoms with van der Waals surface area (Å²) in [7, 11) is 3.31. The highest BCUT2D eigenvalue weighted by atomic mass is 16.5. The van der Waals surface area contributed by atoms with Gasteiger partial charge in [0.25, 0.3) is 0 Å². The van der Waals surface area contributed by atoms with Gasteiger partial charge in [0.15, 0.2) is 11.5 Å². The molecule has 0 aliphatic heterocycles. The van der Waals surface area contributed by atoms with Crippen LogP contribution in [-0.4, -0.2) is 25.8 Å². The Balaban J connectivity index is 1.86. The zero-order valence-corrected chi connectivity index (χ0v) is 17.5. The Bertz CT molecular complexity index is 1140. The average molecular weight is 399 g/mol. The van der Waals surface area contributed by atoms with E-state index in [2.05, 4.69) is 30.3 Å². The molecule has 0 fully saturated rings. The molecule has 0 saturated heterocycles. The number of methoxy groups -OCH3 is 2. The fourth-order valence-electron chi connectivity index (χ4n) is 3.61. The van der Waals surface area contributed by atoms with Crippen molar-refractivity contribution in [3.8, 4) is 28.5 Å². The maximum Gasteiger partial charge on any atom is 0.161 e. The first-order chi connectivity index (χ1) is 14.7. The Kier molecular flexibility index (Phi) is 5.84. The summed E-state index contributed by atoms with van der Waals surface area (Å²) in [6.07, 6.45) is 0.734. The molecule has 0 saturated carbocycles. The van der Waals surface area contributed by atoms with Crippen LogP contribution >= 0.6 is 0 Å². The molecule has 1 heterocycles.